The van der Waals surface area contributed by atoms with E-state index in [1.165, 1.54) is 24.4 Å². The number of halogens is 2. The molecule has 34 heavy (non-hydrogen) atoms. The number of carbonyl (C=O) groups excluding carboxylic acids is 1. The highest BCUT2D eigenvalue weighted by atomic mass is 79.9. The van der Waals surface area contributed by atoms with Crippen molar-refractivity contribution < 1.29 is 14.3 Å². The first-order valence-electron chi connectivity index (χ1n) is 10.9. The van der Waals surface area contributed by atoms with Gasteiger partial charge in [0, 0.05) is 16.0 Å². The van der Waals surface area contributed by atoms with Crippen molar-refractivity contribution in [3.8, 4) is 11.5 Å². The van der Waals surface area contributed by atoms with Gasteiger partial charge >= 0.3 is 0 Å². The topological polar surface area (TPSA) is 109 Å². The Hall–Kier alpha value is -2.91. The van der Waals surface area contributed by atoms with Gasteiger partial charge < -0.3 is 15.2 Å². The molecule has 0 spiro atoms. The molecule has 1 aliphatic rings. The number of carbonyl (C=O) groups is 1. The van der Waals surface area contributed by atoms with Crippen LogP contribution < -0.4 is 20.8 Å². The molecular formula is C24H24BrClN4O4. The first-order valence-corrected chi connectivity index (χ1v) is 12.1. The first-order chi connectivity index (χ1) is 16.4. The molecule has 2 aromatic carbocycles. The zero-order chi connectivity index (χ0) is 24.2. The van der Waals surface area contributed by atoms with Crippen molar-refractivity contribution in [3.05, 3.63) is 61.6 Å². The van der Waals surface area contributed by atoms with E-state index in [1.807, 2.05) is 18.2 Å². The molecule has 1 fully saturated rings. The quantitative estimate of drug-likeness (QED) is 0.434. The number of ether oxygens (including phenoxy) is 2. The molecule has 178 valence electrons. The Morgan fingerprint density at radius 3 is 2.76 bits per heavy atom. The van der Waals surface area contributed by atoms with Crippen LogP contribution in [0.3, 0.4) is 0 Å². The fourth-order valence-electron chi connectivity index (χ4n) is 4.13. The molecule has 0 unspecified atom stereocenters. The standard InChI is InChI=1S/C24H24BrClN4O4/c1-33-18-11-15(20(25)21(26)22(18)34-13-19(27)31)12-28-30-23(14-7-3-2-4-8-14)29-17-10-6-5-9-16(17)24(30)32/h5-6,9-12,14H,2-4,7-8,13H2,1H3,(H2,27,31). The second-order valence-electron chi connectivity index (χ2n) is 8.06. The summed E-state index contributed by atoms with van der Waals surface area (Å²) in [6, 6.07) is 8.94. The lowest BCUT2D eigenvalue weighted by molar-refractivity contribution is -0.119. The summed E-state index contributed by atoms with van der Waals surface area (Å²) in [4.78, 5) is 29.3. The van der Waals surface area contributed by atoms with Gasteiger partial charge in [-0.3, -0.25) is 9.59 Å². The molecule has 3 aromatic rings. The number of benzene rings is 2. The predicted molar refractivity (Wildman–Crippen MR) is 135 cm³/mol. The average Bonchev–Trinajstić information content (AvgIpc) is 2.85. The van der Waals surface area contributed by atoms with Gasteiger partial charge in [-0.1, -0.05) is 43.0 Å². The molecule has 8 nitrogen and oxygen atoms in total. The van der Waals surface area contributed by atoms with Crippen LogP contribution in [0.15, 0.2) is 44.7 Å². The summed E-state index contributed by atoms with van der Waals surface area (Å²) >= 11 is 9.91. The van der Waals surface area contributed by atoms with E-state index >= 15 is 0 Å². The lowest BCUT2D eigenvalue weighted by atomic mass is 9.88. The maximum Gasteiger partial charge on any atom is 0.282 e. The highest BCUT2D eigenvalue weighted by Gasteiger charge is 2.23. The van der Waals surface area contributed by atoms with Crippen molar-refractivity contribution in [1.29, 1.82) is 0 Å². The minimum absolute atomic E-state index is 0.161. The lowest BCUT2D eigenvalue weighted by Gasteiger charge is -2.22. The number of nitrogens with zero attached hydrogens (tertiary/aromatic N) is 3. The minimum Gasteiger partial charge on any atom is -0.493 e. The Bertz CT molecular complexity index is 1320. The largest absolute Gasteiger partial charge is 0.493 e. The molecule has 0 saturated heterocycles. The Morgan fingerprint density at radius 1 is 1.32 bits per heavy atom. The maximum absolute atomic E-state index is 13.4. The number of primary amides is 1. The summed E-state index contributed by atoms with van der Waals surface area (Å²) in [7, 11) is 1.45. The zero-order valence-corrected chi connectivity index (χ0v) is 20.9. The van der Waals surface area contributed by atoms with Gasteiger partial charge in [-0.2, -0.15) is 9.78 Å². The highest BCUT2D eigenvalue weighted by molar-refractivity contribution is 9.10. The monoisotopic (exact) mass is 546 g/mol. The van der Waals surface area contributed by atoms with E-state index in [0.717, 1.165) is 25.7 Å². The highest BCUT2D eigenvalue weighted by Crippen LogP contribution is 2.42. The molecule has 4 rings (SSSR count). The van der Waals surface area contributed by atoms with Gasteiger partial charge in [-0.05, 0) is 47.0 Å². The van der Waals surface area contributed by atoms with Crippen LogP contribution in [-0.2, 0) is 4.79 Å². The number of amides is 1. The summed E-state index contributed by atoms with van der Waals surface area (Å²) in [6.45, 7) is -0.348. The molecule has 1 saturated carbocycles. The predicted octanol–water partition coefficient (Wildman–Crippen LogP) is 4.62. The second-order valence-corrected chi connectivity index (χ2v) is 9.23. The third-order valence-corrected chi connectivity index (χ3v) is 7.24. The van der Waals surface area contributed by atoms with Gasteiger partial charge in [0.25, 0.3) is 11.5 Å². The Balaban J connectivity index is 1.80. The van der Waals surface area contributed by atoms with Crippen molar-refractivity contribution >= 4 is 50.6 Å². The fourth-order valence-corrected chi connectivity index (χ4v) is 4.78. The minimum atomic E-state index is -0.640. The summed E-state index contributed by atoms with van der Waals surface area (Å²) < 4.78 is 12.7. The molecule has 2 N–H and O–H groups in total. The number of methoxy groups -OCH3 is 1. The molecule has 0 atom stereocenters. The van der Waals surface area contributed by atoms with Gasteiger partial charge in [0.15, 0.2) is 18.1 Å². The van der Waals surface area contributed by atoms with Crippen LogP contribution in [0.25, 0.3) is 10.9 Å². The van der Waals surface area contributed by atoms with E-state index in [4.69, 9.17) is 31.8 Å². The molecule has 1 amide bonds. The summed E-state index contributed by atoms with van der Waals surface area (Å²) in [5, 5.41) is 5.24. The number of aromatic nitrogens is 2. The third-order valence-electron chi connectivity index (χ3n) is 5.80. The zero-order valence-electron chi connectivity index (χ0n) is 18.6. The van der Waals surface area contributed by atoms with Gasteiger partial charge in [-0.25, -0.2) is 4.98 Å². The first kappa shape index (κ1) is 24.2. The van der Waals surface area contributed by atoms with E-state index in [-0.39, 0.29) is 28.9 Å². The van der Waals surface area contributed by atoms with E-state index in [0.29, 0.717) is 32.5 Å². The SMILES string of the molecule is COc1cc(C=Nn2c(C3CCCCC3)nc3ccccc3c2=O)c(Br)c(Cl)c1OCC(N)=O. The van der Waals surface area contributed by atoms with Crippen molar-refractivity contribution in [3.63, 3.8) is 0 Å². The van der Waals surface area contributed by atoms with E-state index in [2.05, 4.69) is 21.0 Å². The van der Waals surface area contributed by atoms with Crippen LogP contribution in [0, 0.1) is 0 Å². The van der Waals surface area contributed by atoms with Crippen LogP contribution in [-0.4, -0.2) is 35.5 Å². The van der Waals surface area contributed by atoms with Crippen LogP contribution >= 0.6 is 27.5 Å². The maximum atomic E-state index is 13.4. The van der Waals surface area contributed by atoms with Crippen molar-refractivity contribution in [2.45, 2.75) is 38.0 Å². The van der Waals surface area contributed by atoms with Crippen LogP contribution in [0.1, 0.15) is 49.4 Å². The number of nitrogens with two attached hydrogens (primary N) is 1. The molecule has 0 bridgehead atoms. The molecule has 1 heterocycles. The summed E-state index contributed by atoms with van der Waals surface area (Å²) in [5.74, 6) is 0.662. The van der Waals surface area contributed by atoms with E-state index in [1.54, 1.807) is 12.1 Å². The number of para-hydroxylation sites is 1. The van der Waals surface area contributed by atoms with Crippen LogP contribution in [0.2, 0.25) is 5.02 Å². The number of rotatable bonds is 7. The van der Waals surface area contributed by atoms with Crippen LogP contribution in [0.5, 0.6) is 11.5 Å². The Kier molecular flexibility index (Phi) is 7.53. The van der Waals surface area contributed by atoms with Gasteiger partial charge in [-0.15, -0.1) is 0 Å². The Morgan fingerprint density at radius 2 is 2.06 bits per heavy atom. The Labute approximate surface area is 209 Å². The normalized spacial score (nSPS) is 14.6. The fraction of sp³-hybridized carbons (Fsp3) is 0.333. The smallest absolute Gasteiger partial charge is 0.282 e. The average molecular weight is 548 g/mol. The summed E-state index contributed by atoms with van der Waals surface area (Å²) in [6.07, 6.45) is 6.85. The van der Waals surface area contributed by atoms with Crippen molar-refractivity contribution in [2.75, 3.05) is 13.7 Å². The van der Waals surface area contributed by atoms with Crippen LogP contribution in [0.4, 0.5) is 0 Å². The number of fused-ring (bicyclic) bond motifs is 1. The van der Waals surface area contributed by atoms with Gasteiger partial charge in [0.05, 0.1) is 24.2 Å². The van der Waals surface area contributed by atoms with Crippen molar-refractivity contribution in [2.24, 2.45) is 10.8 Å². The van der Waals surface area contributed by atoms with E-state index in [9.17, 15) is 9.59 Å². The lowest BCUT2D eigenvalue weighted by Crippen LogP contribution is -2.25. The van der Waals surface area contributed by atoms with Gasteiger partial charge in [0.1, 0.15) is 10.8 Å². The summed E-state index contributed by atoms with van der Waals surface area (Å²) in [5.41, 5.74) is 6.17. The molecule has 1 aromatic heterocycles. The molecule has 0 radical (unpaired) electrons. The number of hydrogen-bond acceptors (Lipinski definition) is 6. The second kappa shape index (κ2) is 10.6. The number of hydrogen-bond donors (Lipinski definition) is 1. The molecular weight excluding hydrogens is 524 g/mol. The molecule has 1 aliphatic carbocycles. The van der Waals surface area contributed by atoms with Crippen molar-refractivity contribution in [1.82, 2.24) is 9.66 Å². The van der Waals surface area contributed by atoms with E-state index < -0.39 is 5.91 Å². The third kappa shape index (κ3) is 4.95. The van der Waals surface area contributed by atoms with Gasteiger partial charge in [0.2, 0.25) is 0 Å². The molecule has 0 aliphatic heterocycles. The molecule has 10 heteroatoms.